The maximum atomic E-state index is 10.2. The van der Waals surface area contributed by atoms with Crippen molar-refractivity contribution < 1.29 is 9.90 Å². The van der Waals surface area contributed by atoms with Crippen molar-refractivity contribution in [3.8, 4) is 0 Å². The second-order valence-corrected chi connectivity index (χ2v) is 5.94. The summed E-state index contributed by atoms with van der Waals surface area (Å²) in [6, 6.07) is 0. The fourth-order valence-electron chi connectivity index (χ4n) is 0.976. The van der Waals surface area contributed by atoms with Crippen LogP contribution >= 0.6 is 0 Å². The molecular weight excluding hydrogens is 215 g/mol. The van der Waals surface area contributed by atoms with Gasteiger partial charge in [0.2, 0.25) is 0 Å². The number of carboxylic acid groups (broad SMARTS) is 1. The summed E-state index contributed by atoms with van der Waals surface area (Å²) >= 11 is -0.679. The zero-order chi connectivity index (χ0) is 9.40. The van der Waals surface area contributed by atoms with E-state index in [0.29, 0.717) is 0 Å². The van der Waals surface area contributed by atoms with Gasteiger partial charge in [-0.05, 0) is 0 Å². The van der Waals surface area contributed by atoms with Crippen molar-refractivity contribution >= 4 is 20.5 Å². The standard InChI is InChI=1S/C9H18AsO2/c1-8(2)6-4-3-5-7-10-9(11)12/h10H,3-7H2,1-2H3,(H,11,12). The molecule has 1 atom stereocenters. The molecule has 0 rings (SSSR count). The van der Waals surface area contributed by atoms with Crippen molar-refractivity contribution in [1.29, 1.82) is 0 Å². The number of carbonyl (C=O) groups is 1. The van der Waals surface area contributed by atoms with Gasteiger partial charge >= 0.3 is 81.1 Å². The van der Waals surface area contributed by atoms with Crippen LogP contribution in [-0.4, -0.2) is 25.6 Å². The van der Waals surface area contributed by atoms with E-state index >= 15 is 0 Å². The molecule has 0 aliphatic carbocycles. The molecule has 0 spiro atoms. The van der Waals surface area contributed by atoms with Gasteiger partial charge in [0.05, 0.1) is 0 Å². The quantitative estimate of drug-likeness (QED) is 0.542. The van der Waals surface area contributed by atoms with Crippen LogP contribution < -0.4 is 0 Å². The van der Waals surface area contributed by atoms with Crippen molar-refractivity contribution in [3.05, 3.63) is 5.92 Å². The molecule has 0 aromatic heterocycles. The molecule has 0 heterocycles. The van der Waals surface area contributed by atoms with Gasteiger partial charge in [-0.25, -0.2) is 0 Å². The summed E-state index contributed by atoms with van der Waals surface area (Å²) in [5, 5.41) is 9.37. The van der Waals surface area contributed by atoms with E-state index in [9.17, 15) is 4.79 Å². The van der Waals surface area contributed by atoms with Crippen molar-refractivity contribution in [3.63, 3.8) is 0 Å². The first kappa shape index (κ1) is 12.0. The van der Waals surface area contributed by atoms with Crippen LogP contribution in [0.2, 0.25) is 5.21 Å². The van der Waals surface area contributed by atoms with Crippen LogP contribution in [0.3, 0.4) is 0 Å². The summed E-state index contributed by atoms with van der Waals surface area (Å²) in [5.74, 6) is 1.48. The Labute approximate surface area is 81.4 Å². The summed E-state index contributed by atoms with van der Waals surface area (Å²) in [6.45, 7) is 4.29. The molecule has 1 radical (unpaired) electrons. The summed E-state index contributed by atoms with van der Waals surface area (Å²) in [4.78, 5) is 10.2. The van der Waals surface area contributed by atoms with Crippen LogP contribution in [0.5, 0.6) is 0 Å². The van der Waals surface area contributed by atoms with Crippen LogP contribution in [-0.2, 0) is 0 Å². The van der Waals surface area contributed by atoms with Gasteiger partial charge in [0.1, 0.15) is 0 Å². The first-order valence-corrected chi connectivity index (χ1v) is 6.92. The van der Waals surface area contributed by atoms with E-state index in [2.05, 4.69) is 13.8 Å². The molecule has 0 aromatic rings. The van der Waals surface area contributed by atoms with E-state index in [1.54, 1.807) is 0 Å². The first-order chi connectivity index (χ1) is 5.63. The molecule has 0 aliphatic heterocycles. The molecule has 71 valence electrons. The molecular formula is C9H18AsO2. The molecule has 2 nitrogen and oxygen atoms in total. The van der Waals surface area contributed by atoms with Crippen LogP contribution in [0, 0.1) is 5.92 Å². The number of rotatable bonds is 7. The summed E-state index contributed by atoms with van der Waals surface area (Å²) in [6.07, 6.45) is 4.74. The zero-order valence-corrected chi connectivity index (χ0v) is 9.99. The van der Waals surface area contributed by atoms with Crippen LogP contribution in [0.1, 0.15) is 39.5 Å². The van der Waals surface area contributed by atoms with Gasteiger partial charge in [0.15, 0.2) is 0 Å². The summed E-state index contributed by atoms with van der Waals surface area (Å²) in [7, 11) is 0. The topological polar surface area (TPSA) is 37.3 Å². The van der Waals surface area contributed by atoms with Gasteiger partial charge in [-0.1, -0.05) is 0 Å². The second kappa shape index (κ2) is 7.67. The minimum absolute atomic E-state index is 0.548. The Morgan fingerprint density at radius 1 is 1.25 bits per heavy atom. The van der Waals surface area contributed by atoms with Gasteiger partial charge in [-0.3, -0.25) is 0 Å². The van der Waals surface area contributed by atoms with E-state index in [1.807, 2.05) is 0 Å². The monoisotopic (exact) mass is 233 g/mol. The SMILES string of the molecule is C[C](C)CCCCC[AsH]C(=O)O. The molecule has 3 heteroatoms. The maximum absolute atomic E-state index is 10.2. The Hall–Kier alpha value is 0.0284. The predicted molar refractivity (Wildman–Crippen MR) is 53.0 cm³/mol. The Kier molecular flexibility index (Phi) is 7.68. The molecule has 1 N–H and O–H groups in total. The fraction of sp³-hybridized carbons (Fsp3) is 0.778. The summed E-state index contributed by atoms with van der Waals surface area (Å²) in [5.41, 5.74) is 0. The average Bonchev–Trinajstić information content (AvgIpc) is 1.95. The van der Waals surface area contributed by atoms with Crippen LogP contribution in [0.4, 0.5) is 4.79 Å². The molecule has 0 bridgehead atoms. The zero-order valence-electron chi connectivity index (χ0n) is 7.89. The van der Waals surface area contributed by atoms with E-state index in [-0.39, 0.29) is 0 Å². The molecule has 0 aliphatic rings. The Morgan fingerprint density at radius 3 is 2.42 bits per heavy atom. The first-order valence-electron chi connectivity index (χ1n) is 4.38. The Bertz CT molecular complexity index is 124. The third-order valence-corrected chi connectivity index (χ3v) is 3.53. The third-order valence-electron chi connectivity index (χ3n) is 1.63. The normalized spacial score (nSPS) is 11.6. The van der Waals surface area contributed by atoms with Crippen LogP contribution in [0.15, 0.2) is 0 Å². The van der Waals surface area contributed by atoms with Crippen molar-refractivity contribution in [2.75, 3.05) is 0 Å². The predicted octanol–water partition coefficient (Wildman–Crippen LogP) is 2.69. The van der Waals surface area contributed by atoms with Crippen molar-refractivity contribution in [2.24, 2.45) is 0 Å². The number of unbranched alkanes of at least 4 members (excludes halogenated alkanes) is 2. The van der Waals surface area contributed by atoms with Crippen LogP contribution in [0.25, 0.3) is 0 Å². The molecule has 0 amide bonds. The third kappa shape index (κ3) is 10.0. The molecule has 0 fully saturated rings. The molecule has 12 heavy (non-hydrogen) atoms. The number of hydrogen-bond donors (Lipinski definition) is 1. The van der Waals surface area contributed by atoms with E-state index in [4.69, 9.17) is 5.11 Å². The average molecular weight is 233 g/mol. The minimum atomic E-state index is -0.679. The van der Waals surface area contributed by atoms with Crippen molar-refractivity contribution in [2.45, 2.75) is 44.7 Å². The van der Waals surface area contributed by atoms with Gasteiger partial charge in [0, 0.05) is 0 Å². The Balaban J connectivity index is 2.96. The number of hydrogen-bond acceptors (Lipinski definition) is 1. The van der Waals surface area contributed by atoms with Gasteiger partial charge in [0.25, 0.3) is 0 Å². The fourth-order valence-corrected chi connectivity index (χ4v) is 2.32. The van der Waals surface area contributed by atoms with Crippen molar-refractivity contribution in [1.82, 2.24) is 0 Å². The molecule has 0 saturated heterocycles. The Morgan fingerprint density at radius 2 is 1.92 bits per heavy atom. The second-order valence-electron chi connectivity index (χ2n) is 3.25. The molecule has 0 saturated carbocycles. The molecule has 0 aromatic carbocycles. The van der Waals surface area contributed by atoms with Gasteiger partial charge < -0.3 is 0 Å². The van der Waals surface area contributed by atoms with E-state index in [1.165, 1.54) is 25.2 Å². The van der Waals surface area contributed by atoms with Gasteiger partial charge in [-0.15, -0.1) is 0 Å². The van der Waals surface area contributed by atoms with E-state index < -0.39 is 20.5 Å². The van der Waals surface area contributed by atoms with Gasteiger partial charge in [-0.2, -0.15) is 0 Å². The summed E-state index contributed by atoms with van der Waals surface area (Å²) < 4.78 is -0.548. The van der Waals surface area contributed by atoms with E-state index in [0.717, 1.165) is 11.6 Å². The molecule has 1 unspecified atom stereocenters.